The van der Waals surface area contributed by atoms with Gasteiger partial charge in [0.15, 0.2) is 0 Å². The van der Waals surface area contributed by atoms with Gasteiger partial charge >= 0.3 is 0 Å². The topological polar surface area (TPSA) is 52.0 Å². The van der Waals surface area contributed by atoms with Crippen molar-refractivity contribution < 1.29 is 4.74 Å². The molecule has 0 saturated heterocycles. The molecule has 0 aliphatic carbocycles. The summed E-state index contributed by atoms with van der Waals surface area (Å²) in [6, 6.07) is 0. The lowest BCUT2D eigenvalue weighted by atomic mass is 10.1. The lowest BCUT2D eigenvalue weighted by molar-refractivity contribution is 0.198. The van der Waals surface area contributed by atoms with E-state index in [4.69, 9.17) is 4.74 Å². The summed E-state index contributed by atoms with van der Waals surface area (Å²) in [5, 5.41) is 11.4. The minimum Gasteiger partial charge on any atom is -0.383 e. The van der Waals surface area contributed by atoms with Gasteiger partial charge in [0, 0.05) is 20.2 Å². The molecule has 1 rings (SSSR count). The molecule has 0 bridgehead atoms. The maximum atomic E-state index is 4.99. The summed E-state index contributed by atoms with van der Waals surface area (Å²) in [5.41, 5.74) is 1.23. The number of aromatic nitrogens is 3. The van der Waals surface area contributed by atoms with Crippen molar-refractivity contribution in [3.8, 4) is 0 Å². The highest BCUT2D eigenvalue weighted by molar-refractivity contribution is 4.95. The van der Waals surface area contributed by atoms with E-state index in [9.17, 15) is 0 Å². The molecule has 1 aromatic rings. The van der Waals surface area contributed by atoms with E-state index in [1.807, 2.05) is 10.9 Å². The van der Waals surface area contributed by atoms with E-state index in [1.54, 1.807) is 7.11 Å². The number of hydrogen-bond acceptors (Lipinski definition) is 4. The van der Waals surface area contributed by atoms with E-state index in [0.29, 0.717) is 5.92 Å². The molecule has 0 aliphatic rings. The largest absolute Gasteiger partial charge is 0.383 e. The molecule has 5 nitrogen and oxygen atoms in total. The van der Waals surface area contributed by atoms with Crippen LogP contribution >= 0.6 is 0 Å². The fourth-order valence-electron chi connectivity index (χ4n) is 1.79. The van der Waals surface area contributed by atoms with E-state index >= 15 is 0 Å². The Hall–Kier alpha value is -0.940. The van der Waals surface area contributed by atoms with Crippen LogP contribution in [0.5, 0.6) is 0 Å². The van der Waals surface area contributed by atoms with Gasteiger partial charge in [-0.15, -0.1) is 5.10 Å². The van der Waals surface area contributed by atoms with E-state index in [-0.39, 0.29) is 0 Å². The Morgan fingerprint density at radius 2 is 2.35 bits per heavy atom. The molecule has 1 N–H and O–H groups in total. The van der Waals surface area contributed by atoms with Crippen molar-refractivity contribution in [3.05, 3.63) is 11.9 Å². The Morgan fingerprint density at radius 1 is 1.53 bits per heavy atom. The van der Waals surface area contributed by atoms with Crippen LogP contribution in [-0.2, 0) is 17.7 Å². The third-order valence-corrected chi connectivity index (χ3v) is 2.67. The van der Waals surface area contributed by atoms with Crippen LogP contribution in [-0.4, -0.2) is 41.8 Å². The SMILES string of the molecule is CCCn1nncc1CC(C)CNCCOC. The quantitative estimate of drug-likeness (QED) is 0.657. The zero-order chi connectivity index (χ0) is 12.5. The number of aryl methyl sites for hydroxylation is 1. The van der Waals surface area contributed by atoms with Gasteiger partial charge in [-0.1, -0.05) is 19.1 Å². The summed E-state index contributed by atoms with van der Waals surface area (Å²) in [6.45, 7) is 8.03. The zero-order valence-electron chi connectivity index (χ0n) is 11.1. The van der Waals surface area contributed by atoms with Crippen molar-refractivity contribution >= 4 is 0 Å². The maximum Gasteiger partial charge on any atom is 0.0725 e. The van der Waals surface area contributed by atoms with Gasteiger partial charge in [0.05, 0.1) is 18.5 Å². The Bertz CT molecular complexity index is 300. The maximum absolute atomic E-state index is 4.99. The molecular weight excluding hydrogens is 216 g/mol. The Labute approximate surface area is 104 Å². The fourth-order valence-corrected chi connectivity index (χ4v) is 1.79. The minimum atomic E-state index is 0.584. The standard InChI is InChI=1S/C12H24N4O/c1-4-6-16-12(10-14-15-16)8-11(2)9-13-5-7-17-3/h10-11,13H,4-9H2,1-3H3. The smallest absolute Gasteiger partial charge is 0.0725 e. The molecule has 1 atom stereocenters. The van der Waals surface area contributed by atoms with Crippen LogP contribution in [0.3, 0.4) is 0 Å². The summed E-state index contributed by atoms with van der Waals surface area (Å²) in [7, 11) is 1.72. The first-order chi connectivity index (χ1) is 8.27. The molecule has 98 valence electrons. The lowest BCUT2D eigenvalue weighted by Gasteiger charge is -2.13. The first-order valence-electron chi connectivity index (χ1n) is 6.35. The molecule has 0 aliphatic heterocycles. The van der Waals surface area contributed by atoms with Crippen molar-refractivity contribution in [2.24, 2.45) is 5.92 Å². The number of rotatable bonds is 9. The Balaban J connectivity index is 2.29. The number of nitrogens with zero attached hydrogens (tertiary/aromatic N) is 3. The van der Waals surface area contributed by atoms with E-state index in [2.05, 4.69) is 29.5 Å². The first kappa shape index (κ1) is 14.1. The van der Waals surface area contributed by atoms with Crippen molar-refractivity contribution in [1.82, 2.24) is 20.3 Å². The van der Waals surface area contributed by atoms with Gasteiger partial charge in [-0.25, -0.2) is 4.68 Å². The molecule has 0 aromatic carbocycles. The van der Waals surface area contributed by atoms with Crippen molar-refractivity contribution in [1.29, 1.82) is 0 Å². The Kier molecular flexibility index (Phi) is 6.81. The number of hydrogen-bond donors (Lipinski definition) is 1. The third kappa shape index (κ3) is 5.28. The van der Waals surface area contributed by atoms with Gasteiger partial charge in [0.25, 0.3) is 0 Å². The summed E-state index contributed by atoms with van der Waals surface area (Å²) >= 11 is 0. The van der Waals surface area contributed by atoms with Crippen molar-refractivity contribution in [3.63, 3.8) is 0 Å². The Morgan fingerprint density at radius 3 is 3.06 bits per heavy atom. The predicted molar refractivity (Wildman–Crippen MR) is 67.9 cm³/mol. The molecule has 0 saturated carbocycles. The van der Waals surface area contributed by atoms with Gasteiger partial charge in [0.1, 0.15) is 0 Å². The molecule has 1 aromatic heterocycles. The van der Waals surface area contributed by atoms with Crippen molar-refractivity contribution in [2.45, 2.75) is 33.2 Å². The molecule has 0 fully saturated rings. The van der Waals surface area contributed by atoms with Gasteiger partial charge in [0.2, 0.25) is 0 Å². The molecule has 1 unspecified atom stereocenters. The molecule has 1 heterocycles. The average molecular weight is 240 g/mol. The van der Waals surface area contributed by atoms with Crippen molar-refractivity contribution in [2.75, 3.05) is 26.8 Å². The molecule has 0 radical (unpaired) electrons. The van der Waals surface area contributed by atoms with Crippen LogP contribution < -0.4 is 5.32 Å². The van der Waals surface area contributed by atoms with Crippen LogP contribution in [0.25, 0.3) is 0 Å². The monoisotopic (exact) mass is 240 g/mol. The fraction of sp³-hybridized carbons (Fsp3) is 0.833. The summed E-state index contributed by atoms with van der Waals surface area (Å²) in [6.07, 6.45) is 3.99. The highest BCUT2D eigenvalue weighted by Crippen LogP contribution is 2.06. The summed E-state index contributed by atoms with van der Waals surface area (Å²) in [4.78, 5) is 0. The van der Waals surface area contributed by atoms with Crippen LogP contribution in [0.15, 0.2) is 6.20 Å². The highest BCUT2D eigenvalue weighted by Gasteiger charge is 2.08. The van der Waals surface area contributed by atoms with Crippen LogP contribution in [0.4, 0.5) is 0 Å². The van der Waals surface area contributed by atoms with Gasteiger partial charge in [-0.2, -0.15) is 0 Å². The van der Waals surface area contributed by atoms with Gasteiger partial charge in [-0.3, -0.25) is 0 Å². The summed E-state index contributed by atoms with van der Waals surface area (Å²) in [5.74, 6) is 0.584. The third-order valence-electron chi connectivity index (χ3n) is 2.67. The second-order valence-electron chi connectivity index (χ2n) is 4.45. The molecule has 17 heavy (non-hydrogen) atoms. The summed E-state index contributed by atoms with van der Waals surface area (Å²) < 4.78 is 7.00. The second kappa shape index (κ2) is 8.20. The lowest BCUT2D eigenvalue weighted by Crippen LogP contribution is -2.26. The van der Waals surface area contributed by atoms with Gasteiger partial charge < -0.3 is 10.1 Å². The molecule has 5 heteroatoms. The van der Waals surface area contributed by atoms with Crippen LogP contribution in [0.2, 0.25) is 0 Å². The normalized spacial score (nSPS) is 12.9. The first-order valence-corrected chi connectivity index (χ1v) is 6.35. The molecule has 0 amide bonds. The average Bonchev–Trinajstić information content (AvgIpc) is 2.73. The second-order valence-corrected chi connectivity index (χ2v) is 4.45. The molecular formula is C12H24N4O. The van der Waals surface area contributed by atoms with Gasteiger partial charge in [-0.05, 0) is 25.3 Å². The zero-order valence-corrected chi connectivity index (χ0v) is 11.1. The van der Waals surface area contributed by atoms with Crippen LogP contribution in [0, 0.1) is 5.92 Å². The van der Waals surface area contributed by atoms with Crippen LogP contribution in [0.1, 0.15) is 26.0 Å². The van der Waals surface area contributed by atoms with E-state index in [1.165, 1.54) is 5.69 Å². The van der Waals surface area contributed by atoms with E-state index < -0.39 is 0 Å². The highest BCUT2D eigenvalue weighted by atomic mass is 16.5. The number of methoxy groups -OCH3 is 1. The number of nitrogens with one attached hydrogen (secondary N) is 1. The molecule has 0 spiro atoms. The predicted octanol–water partition coefficient (Wildman–Crippen LogP) is 1.10. The minimum absolute atomic E-state index is 0.584. The van der Waals surface area contributed by atoms with E-state index in [0.717, 1.165) is 39.1 Å². The number of ether oxygens (including phenoxy) is 1.